The lowest BCUT2D eigenvalue weighted by molar-refractivity contribution is -0.153. The van der Waals surface area contributed by atoms with Crippen LogP contribution >= 0.6 is 11.5 Å². The van der Waals surface area contributed by atoms with E-state index in [9.17, 15) is 13.2 Å². The molecule has 2 aromatic heterocycles. The summed E-state index contributed by atoms with van der Waals surface area (Å²) in [7, 11) is 0. The zero-order valence-electron chi connectivity index (χ0n) is 20.9. The predicted molar refractivity (Wildman–Crippen MR) is 136 cm³/mol. The predicted octanol–water partition coefficient (Wildman–Crippen LogP) is 5.48. The average Bonchev–Trinajstić information content (AvgIpc) is 3.52. The van der Waals surface area contributed by atoms with Gasteiger partial charge in [-0.05, 0) is 79.2 Å². The minimum absolute atomic E-state index is 0.0560. The Morgan fingerprint density at radius 1 is 1.19 bits per heavy atom. The molecule has 5 atom stereocenters. The summed E-state index contributed by atoms with van der Waals surface area (Å²) < 4.78 is 48.7. The van der Waals surface area contributed by atoms with Gasteiger partial charge >= 0.3 is 6.18 Å². The van der Waals surface area contributed by atoms with E-state index in [4.69, 9.17) is 14.8 Å². The fourth-order valence-electron chi connectivity index (χ4n) is 6.34. The van der Waals surface area contributed by atoms with E-state index in [2.05, 4.69) is 27.6 Å². The van der Waals surface area contributed by atoms with Gasteiger partial charge in [-0.25, -0.2) is 4.68 Å². The molecule has 7 nitrogen and oxygen atoms in total. The first-order valence-corrected chi connectivity index (χ1v) is 13.7. The highest BCUT2D eigenvalue weighted by Gasteiger charge is 2.47. The number of hydrogen-bond donors (Lipinski definition) is 1. The molecule has 11 heteroatoms. The number of ether oxygens (including phenoxy) is 1. The van der Waals surface area contributed by atoms with Crippen molar-refractivity contribution in [2.75, 3.05) is 29.9 Å². The van der Waals surface area contributed by atoms with Gasteiger partial charge in [-0.15, -0.1) is 5.10 Å². The number of aromatic nitrogens is 4. The van der Waals surface area contributed by atoms with Crippen LogP contribution in [0, 0.1) is 24.7 Å². The van der Waals surface area contributed by atoms with E-state index >= 15 is 0 Å². The topological polar surface area (TPSA) is 68.1 Å². The number of aryl methyl sites for hydroxylation is 2. The van der Waals surface area contributed by atoms with E-state index in [1.807, 2.05) is 23.7 Å². The number of piperidine rings is 1. The molecule has 198 valence electrons. The van der Waals surface area contributed by atoms with Gasteiger partial charge in [0.25, 0.3) is 0 Å². The third kappa shape index (κ3) is 5.02. The molecule has 3 aromatic rings. The molecule has 1 saturated carbocycles. The summed E-state index contributed by atoms with van der Waals surface area (Å²) in [6, 6.07) is 9.41. The number of benzene rings is 1. The quantitative estimate of drug-likeness (QED) is 0.453. The Morgan fingerprint density at radius 2 is 2.00 bits per heavy atom. The molecule has 0 spiro atoms. The van der Waals surface area contributed by atoms with Gasteiger partial charge < -0.3 is 15.0 Å². The van der Waals surface area contributed by atoms with Crippen LogP contribution in [0.15, 0.2) is 30.3 Å². The highest BCUT2D eigenvalue weighted by atomic mass is 32.1. The number of nitrogens with one attached hydrogen (secondary N) is 1. The Balaban J connectivity index is 1.16. The van der Waals surface area contributed by atoms with Crippen molar-refractivity contribution in [3.05, 3.63) is 47.4 Å². The third-order valence-electron chi connectivity index (χ3n) is 8.04. The van der Waals surface area contributed by atoms with Crippen molar-refractivity contribution in [3.8, 4) is 5.75 Å². The molecule has 1 saturated heterocycles. The van der Waals surface area contributed by atoms with Gasteiger partial charge in [0.05, 0.1) is 5.69 Å². The normalized spacial score (nSPS) is 27.3. The van der Waals surface area contributed by atoms with Crippen LogP contribution < -0.4 is 15.0 Å². The highest BCUT2D eigenvalue weighted by Crippen LogP contribution is 2.44. The molecule has 2 unspecified atom stereocenters. The van der Waals surface area contributed by atoms with Crippen LogP contribution in [-0.2, 0) is 6.54 Å². The summed E-state index contributed by atoms with van der Waals surface area (Å²) in [6.07, 6.45) is -1.26. The first-order chi connectivity index (χ1) is 17.7. The summed E-state index contributed by atoms with van der Waals surface area (Å²) in [5.41, 5.74) is 2.09. The number of hydrogen-bond acceptors (Lipinski definition) is 7. The Hall–Kier alpha value is -2.82. The van der Waals surface area contributed by atoms with E-state index < -0.39 is 12.8 Å². The molecule has 2 bridgehead atoms. The number of anilines is 2. The molecule has 1 aromatic carbocycles. The van der Waals surface area contributed by atoms with Crippen LogP contribution in [0.3, 0.4) is 0 Å². The van der Waals surface area contributed by atoms with Gasteiger partial charge in [-0.3, -0.25) is 0 Å². The molecular weight excluding hydrogens is 501 g/mol. The maximum absolute atomic E-state index is 12.5. The number of alkyl halides is 3. The fraction of sp³-hybridized carbons (Fsp3) is 0.577. The average molecular weight is 533 g/mol. The van der Waals surface area contributed by atoms with Gasteiger partial charge in [0.1, 0.15) is 16.6 Å². The molecule has 0 radical (unpaired) electrons. The third-order valence-corrected chi connectivity index (χ3v) is 8.99. The van der Waals surface area contributed by atoms with Gasteiger partial charge in [-0.2, -0.15) is 22.5 Å². The Labute approximate surface area is 218 Å². The minimum Gasteiger partial charge on any atom is -0.484 e. The lowest BCUT2D eigenvalue weighted by Gasteiger charge is -2.39. The van der Waals surface area contributed by atoms with E-state index in [-0.39, 0.29) is 11.7 Å². The van der Waals surface area contributed by atoms with E-state index in [0.29, 0.717) is 29.7 Å². The number of nitrogens with zero attached hydrogens (tertiary/aromatic N) is 5. The smallest absolute Gasteiger partial charge is 0.422 e. The first kappa shape index (κ1) is 24.5. The number of halogens is 3. The molecule has 2 aliphatic heterocycles. The second-order valence-corrected chi connectivity index (χ2v) is 11.5. The summed E-state index contributed by atoms with van der Waals surface area (Å²) in [4.78, 5) is 7.43. The zero-order chi connectivity index (χ0) is 25.7. The molecule has 1 N–H and O–H groups in total. The van der Waals surface area contributed by atoms with Crippen LogP contribution in [0.1, 0.15) is 49.2 Å². The molecule has 3 aliphatic rings. The number of fused-ring (bicyclic) bond motifs is 3. The van der Waals surface area contributed by atoms with Crippen molar-refractivity contribution in [2.45, 2.75) is 57.8 Å². The van der Waals surface area contributed by atoms with Crippen molar-refractivity contribution in [2.24, 2.45) is 17.8 Å². The van der Waals surface area contributed by atoms with Crippen molar-refractivity contribution < 1.29 is 17.9 Å². The molecule has 2 fully saturated rings. The van der Waals surface area contributed by atoms with Gasteiger partial charge in [0.15, 0.2) is 6.61 Å². The molecular formula is C26H31F3N6OS. The van der Waals surface area contributed by atoms with Crippen LogP contribution in [0.5, 0.6) is 5.75 Å². The lowest BCUT2D eigenvalue weighted by atomic mass is 9.90. The highest BCUT2D eigenvalue weighted by molar-refractivity contribution is 7.10. The summed E-state index contributed by atoms with van der Waals surface area (Å²) in [6.45, 7) is 5.95. The maximum atomic E-state index is 12.5. The lowest BCUT2D eigenvalue weighted by Crippen LogP contribution is -2.48. The van der Waals surface area contributed by atoms with E-state index in [1.54, 1.807) is 23.7 Å². The second kappa shape index (κ2) is 9.49. The summed E-state index contributed by atoms with van der Waals surface area (Å²) in [5.74, 6) is 3.53. The van der Waals surface area contributed by atoms with E-state index in [0.717, 1.165) is 49.6 Å². The zero-order valence-corrected chi connectivity index (χ0v) is 21.7. The molecule has 4 heterocycles. The standard InChI is InChI=1S/C26H31F3N6OS/c1-15-10-18-12-34(22-11-16(2)33-37-22)13-21(15)23(18)30-25-31-24-20(4-3-9-35(24)32-25)17-5-7-19(8-6-17)36-14-26(27,28)29/h5-8,11,15,18,20-21,23H,3-4,9-10,12-14H2,1-2H3,(H,30,32)/t15?,18-,20?,21-,23-/m0/s1. The van der Waals surface area contributed by atoms with Gasteiger partial charge in [-0.1, -0.05) is 19.1 Å². The maximum Gasteiger partial charge on any atom is 0.422 e. The molecule has 0 amide bonds. The molecule has 6 rings (SSSR count). The Morgan fingerprint density at radius 3 is 2.70 bits per heavy atom. The van der Waals surface area contributed by atoms with Gasteiger partial charge in [0.2, 0.25) is 5.95 Å². The van der Waals surface area contributed by atoms with Crippen molar-refractivity contribution in [1.82, 2.24) is 19.1 Å². The van der Waals surface area contributed by atoms with Crippen LogP contribution in [0.2, 0.25) is 0 Å². The van der Waals surface area contributed by atoms with Gasteiger partial charge in [0, 0.05) is 31.6 Å². The summed E-state index contributed by atoms with van der Waals surface area (Å²) in [5, 5.41) is 9.79. The van der Waals surface area contributed by atoms with Crippen LogP contribution in [0.4, 0.5) is 24.1 Å². The summed E-state index contributed by atoms with van der Waals surface area (Å²) >= 11 is 1.58. The SMILES string of the molecule is Cc1cc(N2C[C@@H]3CC(C)[C@H](C2)[C@H]3Nc2nc3n(n2)CCCC3c2ccc(OCC(F)(F)F)cc2)sn1. The first-order valence-electron chi connectivity index (χ1n) is 12.9. The van der Waals surface area contributed by atoms with Crippen LogP contribution in [-0.4, -0.2) is 51.1 Å². The van der Waals surface area contributed by atoms with Crippen LogP contribution in [0.25, 0.3) is 0 Å². The van der Waals surface area contributed by atoms with Crippen molar-refractivity contribution in [3.63, 3.8) is 0 Å². The monoisotopic (exact) mass is 532 g/mol. The number of rotatable bonds is 6. The molecule has 37 heavy (non-hydrogen) atoms. The second-order valence-electron chi connectivity index (χ2n) is 10.7. The molecule has 1 aliphatic carbocycles. The van der Waals surface area contributed by atoms with Crippen molar-refractivity contribution in [1.29, 1.82) is 0 Å². The fourth-order valence-corrected chi connectivity index (χ4v) is 7.12. The Kier molecular flexibility index (Phi) is 6.29. The minimum atomic E-state index is -4.35. The largest absolute Gasteiger partial charge is 0.484 e. The van der Waals surface area contributed by atoms with Crippen molar-refractivity contribution >= 4 is 22.5 Å². The Bertz CT molecular complexity index is 1240. The van der Waals surface area contributed by atoms with E-state index in [1.165, 1.54) is 11.4 Å².